The number of nitrogens with zero attached hydrogens (tertiary/aromatic N) is 3. The number of hydrogen-bond acceptors (Lipinski definition) is 3. The summed E-state index contributed by atoms with van der Waals surface area (Å²) in [5.74, 6) is 5.55. The van der Waals surface area contributed by atoms with Crippen molar-refractivity contribution in [2.24, 2.45) is 0 Å². The molecule has 7 heteroatoms. The maximum Gasteiger partial charge on any atom is 0.268 e. The van der Waals surface area contributed by atoms with Gasteiger partial charge < -0.3 is 10.3 Å². The van der Waals surface area contributed by atoms with E-state index in [4.69, 9.17) is 0 Å². The zero-order valence-corrected chi connectivity index (χ0v) is 17.1. The monoisotopic (exact) mass is 423 g/mol. The molecule has 1 aromatic carbocycles. The van der Waals surface area contributed by atoms with Crippen LogP contribution in [0.1, 0.15) is 40.1 Å². The first kappa shape index (κ1) is 19.5. The smallest absolute Gasteiger partial charge is 0.268 e. The van der Waals surface area contributed by atoms with Crippen molar-refractivity contribution in [2.75, 3.05) is 0 Å². The summed E-state index contributed by atoms with van der Waals surface area (Å²) < 4.78 is 15.2. The number of carbonyl (C=O) groups is 1. The lowest BCUT2D eigenvalue weighted by Crippen LogP contribution is -2.27. The van der Waals surface area contributed by atoms with Crippen LogP contribution in [0.5, 0.6) is 0 Å². The first-order valence-corrected chi connectivity index (χ1v) is 10.1. The lowest BCUT2D eigenvalue weighted by molar-refractivity contribution is 0.0934. The van der Waals surface area contributed by atoms with Gasteiger partial charge in [-0.05, 0) is 48.9 Å². The molecule has 0 aliphatic rings. The van der Waals surface area contributed by atoms with Crippen molar-refractivity contribution in [3.63, 3.8) is 0 Å². The van der Waals surface area contributed by atoms with E-state index in [1.807, 2.05) is 25.3 Å². The van der Waals surface area contributed by atoms with Crippen LogP contribution in [0.3, 0.4) is 0 Å². The molecular weight excluding hydrogens is 405 g/mol. The van der Waals surface area contributed by atoms with Crippen molar-refractivity contribution in [1.82, 2.24) is 24.7 Å². The van der Waals surface area contributed by atoms with Crippen LogP contribution in [0.25, 0.3) is 16.7 Å². The summed E-state index contributed by atoms with van der Waals surface area (Å²) >= 11 is 0. The Morgan fingerprint density at radius 2 is 1.94 bits per heavy atom. The van der Waals surface area contributed by atoms with Gasteiger partial charge in [-0.3, -0.25) is 9.20 Å². The van der Waals surface area contributed by atoms with E-state index in [2.05, 4.69) is 32.1 Å². The van der Waals surface area contributed by atoms with Gasteiger partial charge in [-0.1, -0.05) is 24.0 Å². The van der Waals surface area contributed by atoms with E-state index in [-0.39, 0.29) is 17.8 Å². The Morgan fingerprint density at radius 3 is 2.81 bits per heavy atom. The number of pyridine rings is 1. The highest BCUT2D eigenvalue weighted by molar-refractivity contribution is 5.94. The minimum absolute atomic E-state index is 0.282. The highest BCUT2D eigenvalue weighted by atomic mass is 19.1. The van der Waals surface area contributed by atoms with Gasteiger partial charge in [0, 0.05) is 35.7 Å². The molecule has 1 atom stereocenters. The van der Waals surface area contributed by atoms with Gasteiger partial charge in [0.25, 0.3) is 5.91 Å². The summed E-state index contributed by atoms with van der Waals surface area (Å²) in [7, 11) is 0. The van der Waals surface area contributed by atoms with Gasteiger partial charge in [0.1, 0.15) is 22.8 Å². The second kappa shape index (κ2) is 8.00. The number of nitrogens with one attached hydrogen (secondary N) is 2. The fourth-order valence-electron chi connectivity index (χ4n) is 3.52. The SMILES string of the molecule is C[C@H](NC(=O)c1ccc2ncc(C#Cc3cnc4[nH]ccc4c3)cn12)c1cccc(F)c1. The maximum absolute atomic E-state index is 13.5. The summed E-state index contributed by atoms with van der Waals surface area (Å²) in [6.45, 7) is 1.81. The standard InChI is InChI=1S/C25H18FN5O/c1-16(19-3-2-4-21(26)12-19)30-25(32)22-7-8-23-28-14-18(15-31(22)23)6-5-17-11-20-9-10-27-24(20)29-13-17/h2-4,7-16H,1H3,(H,27,29)(H,30,32)/t16-/m0/s1. The number of amides is 1. The first-order valence-electron chi connectivity index (χ1n) is 10.1. The normalized spacial score (nSPS) is 11.8. The Labute approximate surface area is 183 Å². The van der Waals surface area contributed by atoms with E-state index in [0.29, 0.717) is 22.5 Å². The van der Waals surface area contributed by atoms with Gasteiger partial charge >= 0.3 is 0 Å². The second-order valence-electron chi connectivity index (χ2n) is 7.43. The molecule has 0 unspecified atom stereocenters. The van der Waals surface area contributed by atoms with Crippen LogP contribution >= 0.6 is 0 Å². The van der Waals surface area contributed by atoms with E-state index in [0.717, 1.165) is 16.6 Å². The largest absolute Gasteiger partial charge is 0.346 e. The van der Waals surface area contributed by atoms with Gasteiger partial charge in [-0.25, -0.2) is 14.4 Å². The third-order valence-corrected chi connectivity index (χ3v) is 5.18. The molecule has 4 aromatic heterocycles. The van der Waals surface area contributed by atoms with E-state index < -0.39 is 0 Å². The molecule has 1 amide bonds. The Morgan fingerprint density at radius 1 is 1.09 bits per heavy atom. The number of aromatic nitrogens is 4. The van der Waals surface area contributed by atoms with Crippen molar-refractivity contribution in [3.05, 3.63) is 102 Å². The third kappa shape index (κ3) is 3.82. The molecule has 4 heterocycles. The number of halogens is 1. The molecular formula is C25H18FN5O. The van der Waals surface area contributed by atoms with Gasteiger partial charge in [0.2, 0.25) is 0 Å². The highest BCUT2D eigenvalue weighted by Gasteiger charge is 2.15. The van der Waals surface area contributed by atoms with Crippen LogP contribution in [-0.4, -0.2) is 25.3 Å². The van der Waals surface area contributed by atoms with Crippen molar-refractivity contribution in [1.29, 1.82) is 0 Å². The number of rotatable bonds is 3. The summed E-state index contributed by atoms with van der Waals surface area (Å²) in [5, 5.41) is 3.90. The molecule has 0 radical (unpaired) electrons. The number of fused-ring (bicyclic) bond motifs is 2. The van der Waals surface area contributed by atoms with Crippen LogP contribution in [-0.2, 0) is 0 Å². The Bertz CT molecular complexity index is 1520. The average Bonchev–Trinajstić information content (AvgIpc) is 3.43. The van der Waals surface area contributed by atoms with Gasteiger partial charge in [-0.15, -0.1) is 0 Å². The summed E-state index contributed by atoms with van der Waals surface area (Å²) in [4.78, 5) is 24.7. The molecule has 0 saturated heterocycles. The van der Waals surface area contributed by atoms with Crippen LogP contribution in [0.4, 0.5) is 4.39 Å². The molecule has 0 spiro atoms. The summed E-state index contributed by atoms with van der Waals surface area (Å²) in [6.07, 6.45) is 6.99. The quantitative estimate of drug-likeness (QED) is 0.426. The van der Waals surface area contributed by atoms with Crippen molar-refractivity contribution < 1.29 is 9.18 Å². The molecule has 2 N–H and O–H groups in total. The Hall–Kier alpha value is -4.44. The number of carbonyl (C=O) groups excluding carboxylic acids is 1. The second-order valence-corrected chi connectivity index (χ2v) is 7.43. The van der Waals surface area contributed by atoms with Crippen LogP contribution in [0.2, 0.25) is 0 Å². The highest BCUT2D eigenvalue weighted by Crippen LogP contribution is 2.16. The molecule has 6 nitrogen and oxygen atoms in total. The fraction of sp³-hybridized carbons (Fsp3) is 0.0800. The molecule has 0 fully saturated rings. The lowest BCUT2D eigenvalue weighted by atomic mass is 10.1. The minimum atomic E-state index is -0.351. The molecule has 5 rings (SSSR count). The fourth-order valence-corrected chi connectivity index (χ4v) is 3.52. The topological polar surface area (TPSA) is 75.1 Å². The maximum atomic E-state index is 13.5. The minimum Gasteiger partial charge on any atom is -0.346 e. The first-order chi connectivity index (χ1) is 15.6. The number of benzene rings is 1. The zero-order valence-electron chi connectivity index (χ0n) is 17.1. The van der Waals surface area contributed by atoms with Gasteiger partial charge in [0.15, 0.2) is 0 Å². The Balaban J connectivity index is 1.40. The van der Waals surface area contributed by atoms with Crippen molar-refractivity contribution >= 4 is 22.6 Å². The number of hydrogen-bond donors (Lipinski definition) is 2. The average molecular weight is 423 g/mol. The molecule has 5 aromatic rings. The summed E-state index contributed by atoms with van der Waals surface area (Å²) in [5.41, 5.74) is 4.01. The number of H-pyrrole nitrogens is 1. The van der Waals surface area contributed by atoms with E-state index in [9.17, 15) is 9.18 Å². The molecule has 0 bridgehead atoms. The molecule has 0 aliphatic heterocycles. The van der Waals surface area contributed by atoms with Crippen LogP contribution in [0.15, 0.2) is 73.3 Å². The molecule has 32 heavy (non-hydrogen) atoms. The van der Waals surface area contributed by atoms with Crippen molar-refractivity contribution in [3.8, 4) is 11.8 Å². The van der Waals surface area contributed by atoms with Crippen molar-refractivity contribution in [2.45, 2.75) is 13.0 Å². The predicted octanol–water partition coefficient (Wildman–Crippen LogP) is 4.24. The number of aromatic amines is 1. The summed E-state index contributed by atoms with van der Waals surface area (Å²) in [6, 6.07) is 13.2. The Kier molecular flexibility index (Phi) is 4.88. The van der Waals surface area contributed by atoms with Crippen LogP contribution < -0.4 is 5.32 Å². The van der Waals surface area contributed by atoms with E-state index in [1.165, 1.54) is 12.1 Å². The van der Waals surface area contributed by atoms with Gasteiger partial charge in [0.05, 0.1) is 11.6 Å². The van der Waals surface area contributed by atoms with Crippen LogP contribution in [0, 0.1) is 17.7 Å². The van der Waals surface area contributed by atoms with Gasteiger partial charge in [-0.2, -0.15) is 0 Å². The molecule has 156 valence electrons. The predicted molar refractivity (Wildman–Crippen MR) is 120 cm³/mol. The molecule has 0 saturated carbocycles. The molecule has 0 aliphatic carbocycles. The third-order valence-electron chi connectivity index (χ3n) is 5.18. The zero-order chi connectivity index (χ0) is 22.1. The van der Waals surface area contributed by atoms with E-state index in [1.54, 1.807) is 47.3 Å². The van der Waals surface area contributed by atoms with E-state index >= 15 is 0 Å². The lowest BCUT2D eigenvalue weighted by Gasteiger charge is -2.14.